The van der Waals surface area contributed by atoms with Crippen molar-refractivity contribution in [1.82, 2.24) is 13.0 Å². The van der Waals surface area contributed by atoms with Crippen molar-refractivity contribution in [3.8, 4) is 0 Å². The normalized spacial score (nSPS) is 12.3. The Hall–Kier alpha value is -2.77. The summed E-state index contributed by atoms with van der Waals surface area (Å²) >= 11 is 3.76. The number of hydrogen-bond acceptors (Lipinski definition) is 0. The van der Waals surface area contributed by atoms with Gasteiger partial charge in [-0.1, -0.05) is 0 Å². The van der Waals surface area contributed by atoms with E-state index in [0.29, 0.717) is 0 Å². The standard InChI is InChI=1S/C27H24N3PSe/c1-19-16-28(25-13-7-4-10-22(19)25)31(32,29-17-20(2)23-11-5-8-14-26(23)29)30-18-21(3)24-12-6-9-15-27(24)30/h4-18H,1-3H3. The Morgan fingerprint density at radius 2 is 0.781 bits per heavy atom. The zero-order chi connectivity index (χ0) is 22.0. The first-order valence-corrected chi connectivity index (χ1v) is 14.7. The Morgan fingerprint density at radius 3 is 1.09 bits per heavy atom. The molecule has 0 bridgehead atoms. The van der Waals surface area contributed by atoms with E-state index >= 15 is 0 Å². The number of rotatable bonds is 3. The SMILES string of the molecule is Cc1cn(P(=[Se])(n2cc(C)c3ccccc32)n2cc(C)c3ccccc32)c2ccccc12. The molecule has 0 atom stereocenters. The van der Waals surface area contributed by atoms with E-state index < -0.39 is 5.96 Å². The van der Waals surface area contributed by atoms with Gasteiger partial charge in [-0.25, -0.2) is 0 Å². The molecule has 0 aliphatic heterocycles. The second-order valence-corrected chi connectivity index (χ2v) is 13.9. The molecule has 0 saturated heterocycles. The van der Waals surface area contributed by atoms with E-state index in [2.05, 4.69) is 140 Å². The van der Waals surface area contributed by atoms with E-state index in [1.165, 1.54) is 49.4 Å². The van der Waals surface area contributed by atoms with Gasteiger partial charge in [-0.05, 0) is 0 Å². The summed E-state index contributed by atoms with van der Waals surface area (Å²) in [7, 11) is 0. The van der Waals surface area contributed by atoms with Crippen molar-refractivity contribution < 1.29 is 0 Å². The molecule has 5 heteroatoms. The average molecular weight is 500 g/mol. The van der Waals surface area contributed by atoms with Crippen LogP contribution in [0.3, 0.4) is 0 Å². The molecule has 0 N–H and O–H groups in total. The van der Waals surface area contributed by atoms with Gasteiger partial charge in [0.2, 0.25) is 0 Å². The zero-order valence-electron chi connectivity index (χ0n) is 18.4. The van der Waals surface area contributed by atoms with E-state index in [-0.39, 0.29) is 0 Å². The first kappa shape index (κ1) is 19.9. The van der Waals surface area contributed by atoms with Crippen LogP contribution in [0.1, 0.15) is 16.7 Å². The third-order valence-electron chi connectivity index (χ3n) is 6.52. The van der Waals surface area contributed by atoms with Crippen molar-refractivity contribution in [3.05, 3.63) is 108 Å². The van der Waals surface area contributed by atoms with Crippen molar-refractivity contribution in [3.63, 3.8) is 0 Å². The van der Waals surface area contributed by atoms with Crippen molar-refractivity contribution >= 4 is 53.8 Å². The number of benzene rings is 3. The van der Waals surface area contributed by atoms with Gasteiger partial charge in [0.25, 0.3) is 0 Å². The van der Waals surface area contributed by atoms with Gasteiger partial charge in [0, 0.05) is 0 Å². The number of aromatic nitrogens is 3. The number of nitrogens with zero attached hydrogens (tertiary/aromatic N) is 3. The zero-order valence-corrected chi connectivity index (χ0v) is 21.0. The maximum absolute atomic E-state index is 3.76. The van der Waals surface area contributed by atoms with Crippen LogP contribution in [0.25, 0.3) is 32.7 Å². The summed E-state index contributed by atoms with van der Waals surface area (Å²) < 4.78 is 7.49. The first-order chi connectivity index (χ1) is 15.5. The van der Waals surface area contributed by atoms with Crippen LogP contribution in [0.2, 0.25) is 0 Å². The molecule has 0 saturated carbocycles. The van der Waals surface area contributed by atoms with Gasteiger partial charge in [-0.2, -0.15) is 0 Å². The molecule has 0 unspecified atom stereocenters. The first-order valence-electron chi connectivity index (χ1n) is 10.8. The molecule has 32 heavy (non-hydrogen) atoms. The molecule has 158 valence electrons. The molecule has 6 rings (SSSR count). The molecule has 0 amide bonds. The molecule has 3 aromatic carbocycles. The molecular weight excluding hydrogens is 476 g/mol. The average Bonchev–Trinajstić information content (AvgIpc) is 3.47. The molecule has 6 aromatic rings. The topological polar surface area (TPSA) is 14.8 Å². The third kappa shape index (κ3) is 2.64. The van der Waals surface area contributed by atoms with E-state index in [0.717, 1.165) is 0 Å². The second kappa shape index (κ2) is 7.12. The molecular formula is C27H24N3PSe. The predicted molar refractivity (Wildman–Crippen MR) is 139 cm³/mol. The van der Waals surface area contributed by atoms with Crippen molar-refractivity contribution in [2.45, 2.75) is 20.8 Å². The van der Waals surface area contributed by atoms with Crippen molar-refractivity contribution in [2.75, 3.05) is 0 Å². The molecule has 0 radical (unpaired) electrons. The van der Waals surface area contributed by atoms with Gasteiger partial charge in [0.05, 0.1) is 0 Å². The van der Waals surface area contributed by atoms with Crippen molar-refractivity contribution in [1.29, 1.82) is 0 Å². The fourth-order valence-corrected chi connectivity index (χ4v) is 10.5. The Morgan fingerprint density at radius 1 is 0.500 bits per heavy atom. The molecule has 0 aliphatic carbocycles. The number of aryl methyl sites for hydroxylation is 3. The Bertz CT molecular complexity index is 1500. The van der Waals surface area contributed by atoms with E-state index in [4.69, 9.17) is 0 Å². The van der Waals surface area contributed by atoms with Crippen LogP contribution in [0, 0.1) is 20.8 Å². The summed E-state index contributed by atoms with van der Waals surface area (Å²) in [5.74, 6) is -2.28. The molecule has 3 aromatic heterocycles. The minimum absolute atomic E-state index is 1.25. The summed E-state index contributed by atoms with van der Waals surface area (Å²) in [6.07, 6.45) is 6.97. The number of para-hydroxylation sites is 3. The van der Waals surface area contributed by atoms with Gasteiger partial charge in [0.1, 0.15) is 0 Å². The molecule has 0 aliphatic rings. The van der Waals surface area contributed by atoms with Gasteiger partial charge in [0.15, 0.2) is 0 Å². The molecule has 3 heterocycles. The Labute approximate surface area is 195 Å². The van der Waals surface area contributed by atoms with Crippen LogP contribution in [0.15, 0.2) is 91.4 Å². The summed E-state index contributed by atoms with van der Waals surface area (Å²) in [6, 6.07) is 26.2. The van der Waals surface area contributed by atoms with Crippen LogP contribution in [0.5, 0.6) is 0 Å². The van der Waals surface area contributed by atoms with Gasteiger partial charge < -0.3 is 0 Å². The molecule has 3 nitrogen and oxygen atoms in total. The second-order valence-electron chi connectivity index (χ2n) is 8.53. The maximum atomic E-state index is 3.76. The summed E-state index contributed by atoms with van der Waals surface area (Å²) in [4.78, 5) is 0. The summed E-state index contributed by atoms with van der Waals surface area (Å²) in [5.41, 5.74) is 7.64. The minimum atomic E-state index is -2.28. The van der Waals surface area contributed by atoms with Crippen LogP contribution in [-0.4, -0.2) is 28.1 Å². The molecule has 0 spiro atoms. The van der Waals surface area contributed by atoms with Gasteiger partial charge in [-0.3, -0.25) is 0 Å². The fraction of sp³-hybridized carbons (Fsp3) is 0.111. The van der Waals surface area contributed by atoms with E-state index in [1.807, 2.05) is 0 Å². The van der Waals surface area contributed by atoms with Crippen LogP contribution in [0.4, 0.5) is 0 Å². The molecule has 0 fully saturated rings. The summed E-state index contributed by atoms with van der Waals surface area (Å²) in [5, 5.41) is 3.90. The van der Waals surface area contributed by atoms with E-state index in [9.17, 15) is 0 Å². The third-order valence-corrected chi connectivity index (χ3v) is 12.5. The number of hydrogen-bond donors (Lipinski definition) is 0. The monoisotopic (exact) mass is 501 g/mol. The van der Waals surface area contributed by atoms with Crippen LogP contribution >= 0.6 is 5.96 Å². The van der Waals surface area contributed by atoms with Crippen molar-refractivity contribution in [2.24, 2.45) is 0 Å². The Balaban J connectivity index is 1.82. The number of fused-ring (bicyclic) bond motifs is 3. The fourth-order valence-electron chi connectivity index (χ4n) is 4.95. The Kier molecular flexibility index (Phi) is 4.42. The van der Waals surface area contributed by atoms with Crippen LogP contribution < -0.4 is 0 Å². The van der Waals surface area contributed by atoms with Gasteiger partial charge >= 0.3 is 196 Å². The predicted octanol–water partition coefficient (Wildman–Crippen LogP) is 7.27. The quantitative estimate of drug-likeness (QED) is 0.179. The van der Waals surface area contributed by atoms with Crippen LogP contribution in [-0.2, 0) is 0 Å². The summed E-state index contributed by atoms with van der Waals surface area (Å²) in [6.45, 7) is 6.63. The van der Waals surface area contributed by atoms with Gasteiger partial charge in [-0.15, -0.1) is 0 Å². The van der Waals surface area contributed by atoms with E-state index in [1.54, 1.807) is 0 Å².